The second-order valence-electron chi connectivity index (χ2n) is 8.11. The minimum Gasteiger partial charge on any atom is -0.318 e. The van der Waals surface area contributed by atoms with E-state index >= 15 is 0 Å². The van der Waals surface area contributed by atoms with Crippen molar-refractivity contribution in [1.82, 2.24) is 4.57 Å². The lowest BCUT2D eigenvalue weighted by Crippen LogP contribution is -2.40. The molecule has 0 fully saturated rings. The van der Waals surface area contributed by atoms with Crippen molar-refractivity contribution in [2.45, 2.75) is 33.4 Å². The summed E-state index contributed by atoms with van der Waals surface area (Å²) in [6.45, 7) is 6.21. The molecule has 0 saturated heterocycles. The van der Waals surface area contributed by atoms with E-state index in [-0.39, 0.29) is 0 Å². The van der Waals surface area contributed by atoms with Crippen LogP contribution in [0.25, 0.3) is 11.8 Å². The fourth-order valence-corrected chi connectivity index (χ4v) is 4.25. The molecule has 0 aliphatic carbocycles. The number of rotatable bonds is 5. The van der Waals surface area contributed by atoms with Gasteiger partial charge in [0.25, 0.3) is 0 Å². The number of para-hydroxylation sites is 1. The summed E-state index contributed by atoms with van der Waals surface area (Å²) >= 11 is 0. The number of hydrazone groups is 1. The van der Waals surface area contributed by atoms with Gasteiger partial charge in [-0.3, -0.25) is 0 Å². The van der Waals surface area contributed by atoms with E-state index < -0.39 is 12.1 Å². The van der Waals surface area contributed by atoms with Crippen LogP contribution in [0.2, 0.25) is 0 Å². The van der Waals surface area contributed by atoms with Gasteiger partial charge in [0.1, 0.15) is 18.2 Å². The number of allylic oxidation sites excluding steroid dienone is 1. The number of nitrogens with two attached hydrogens (primary N) is 1. The number of nitriles is 2. The Labute approximate surface area is 194 Å². The zero-order valence-corrected chi connectivity index (χ0v) is 19.0. The minimum absolute atomic E-state index is 0.344. The third-order valence-electron chi connectivity index (χ3n) is 6.06. The van der Waals surface area contributed by atoms with Crippen molar-refractivity contribution in [1.29, 1.82) is 10.5 Å². The molecule has 6 heteroatoms. The molecule has 0 bridgehead atoms. The van der Waals surface area contributed by atoms with Crippen LogP contribution in [-0.2, 0) is 6.42 Å². The molecule has 1 aliphatic heterocycles. The Morgan fingerprint density at radius 3 is 2.36 bits per heavy atom. The molecule has 1 aliphatic rings. The van der Waals surface area contributed by atoms with E-state index in [4.69, 9.17) is 5.73 Å². The summed E-state index contributed by atoms with van der Waals surface area (Å²) in [5.74, 6) is -0.707. The van der Waals surface area contributed by atoms with Gasteiger partial charge >= 0.3 is 0 Å². The monoisotopic (exact) mass is 434 g/mol. The van der Waals surface area contributed by atoms with Crippen LogP contribution in [0.4, 0.5) is 5.69 Å². The first-order chi connectivity index (χ1) is 16.0. The predicted octanol–water partition coefficient (Wildman–Crippen LogP) is 4.86. The minimum atomic E-state index is -0.707. The molecule has 0 radical (unpaired) electrons. The lowest BCUT2D eigenvalue weighted by Gasteiger charge is -2.21. The zero-order valence-electron chi connectivity index (χ0n) is 19.0. The number of anilines is 1. The summed E-state index contributed by atoms with van der Waals surface area (Å²) in [4.78, 5) is 0. The lowest BCUT2D eigenvalue weighted by atomic mass is 9.95. The van der Waals surface area contributed by atoms with Crippen LogP contribution in [0.15, 0.2) is 71.3 Å². The van der Waals surface area contributed by atoms with Gasteiger partial charge in [-0.15, -0.1) is 0 Å². The maximum atomic E-state index is 9.97. The normalized spacial score (nSPS) is 18.1. The Hall–Kier alpha value is -4.13. The van der Waals surface area contributed by atoms with E-state index in [0.717, 1.165) is 34.7 Å². The molecule has 0 saturated carbocycles. The van der Waals surface area contributed by atoms with Crippen LogP contribution in [0.5, 0.6) is 0 Å². The van der Waals surface area contributed by atoms with Gasteiger partial charge in [-0.1, -0.05) is 37.3 Å². The highest BCUT2D eigenvalue weighted by Gasteiger charge is 2.37. The van der Waals surface area contributed by atoms with E-state index in [0.29, 0.717) is 11.3 Å². The smallest absolute Gasteiger partial charge is 0.127 e. The third kappa shape index (κ3) is 4.05. The number of nitrogens with zero attached hydrogens (tertiary/aromatic N) is 5. The first-order valence-corrected chi connectivity index (χ1v) is 11.0. The SMILES string of the molecule is CCc1ccc(-n2c(C)cc(/C=C(/C#N)C3=NN(c4ccccc4)[C@H](N)[C@H]3C#N)c2C)cc1. The highest BCUT2D eigenvalue weighted by atomic mass is 15.5. The van der Waals surface area contributed by atoms with Gasteiger partial charge in [0.15, 0.2) is 0 Å². The van der Waals surface area contributed by atoms with Crippen molar-refractivity contribution in [3.05, 3.63) is 88.8 Å². The molecular formula is C27H26N6. The molecule has 0 amide bonds. The van der Waals surface area contributed by atoms with Crippen LogP contribution in [-0.4, -0.2) is 16.4 Å². The molecule has 0 spiro atoms. The number of benzene rings is 2. The van der Waals surface area contributed by atoms with Crippen molar-refractivity contribution < 1.29 is 0 Å². The molecule has 3 aromatic rings. The van der Waals surface area contributed by atoms with Gasteiger partial charge in [-0.2, -0.15) is 15.6 Å². The summed E-state index contributed by atoms with van der Waals surface area (Å²) in [7, 11) is 0. The zero-order chi connectivity index (χ0) is 23.5. The van der Waals surface area contributed by atoms with E-state index in [2.05, 4.69) is 53.0 Å². The molecule has 2 atom stereocenters. The van der Waals surface area contributed by atoms with Crippen molar-refractivity contribution in [2.75, 3.05) is 5.01 Å². The Kier molecular flexibility index (Phi) is 6.13. The van der Waals surface area contributed by atoms with E-state index in [1.165, 1.54) is 5.56 Å². The molecule has 164 valence electrons. The maximum Gasteiger partial charge on any atom is 0.127 e. The molecule has 2 N–H and O–H groups in total. The van der Waals surface area contributed by atoms with Crippen LogP contribution in [0.3, 0.4) is 0 Å². The maximum absolute atomic E-state index is 9.97. The Morgan fingerprint density at radius 1 is 1.06 bits per heavy atom. The molecule has 2 aromatic carbocycles. The van der Waals surface area contributed by atoms with Crippen LogP contribution in [0.1, 0.15) is 29.4 Å². The molecule has 2 heterocycles. The van der Waals surface area contributed by atoms with Gasteiger partial charge in [0, 0.05) is 17.1 Å². The van der Waals surface area contributed by atoms with Gasteiger partial charge in [0.2, 0.25) is 0 Å². The van der Waals surface area contributed by atoms with Crippen molar-refractivity contribution >= 4 is 17.5 Å². The summed E-state index contributed by atoms with van der Waals surface area (Å²) in [5, 5.41) is 26.0. The van der Waals surface area contributed by atoms with E-state index in [9.17, 15) is 10.5 Å². The van der Waals surface area contributed by atoms with Crippen molar-refractivity contribution in [2.24, 2.45) is 16.8 Å². The molecule has 6 nitrogen and oxygen atoms in total. The van der Waals surface area contributed by atoms with E-state index in [1.54, 1.807) is 5.01 Å². The molecule has 1 aromatic heterocycles. The highest BCUT2D eigenvalue weighted by Crippen LogP contribution is 2.30. The quantitative estimate of drug-likeness (QED) is 0.580. The lowest BCUT2D eigenvalue weighted by molar-refractivity contribution is 0.624. The van der Waals surface area contributed by atoms with Crippen LogP contribution >= 0.6 is 0 Å². The standard InChI is InChI=1S/C27H26N6/c1-4-20-10-12-23(13-11-20)32-18(2)14-21(19(32)3)15-22(16-28)26-25(17-29)27(30)33(31-26)24-8-6-5-7-9-24/h5-15,25,27H,4,30H2,1-3H3/b22-15-/t25-,27-/m0/s1. The Balaban J connectivity index is 1.75. The second kappa shape index (κ2) is 9.16. The summed E-state index contributed by atoms with van der Waals surface area (Å²) < 4.78 is 2.17. The summed E-state index contributed by atoms with van der Waals surface area (Å²) in [5.41, 5.74) is 13.2. The highest BCUT2D eigenvalue weighted by molar-refractivity contribution is 6.11. The average molecular weight is 435 g/mol. The number of hydrogen-bond donors (Lipinski definition) is 1. The van der Waals surface area contributed by atoms with Gasteiger partial charge < -0.3 is 10.3 Å². The number of hydrogen-bond acceptors (Lipinski definition) is 5. The fraction of sp³-hybridized carbons (Fsp3) is 0.222. The topological polar surface area (TPSA) is 94.1 Å². The van der Waals surface area contributed by atoms with Crippen molar-refractivity contribution in [3.8, 4) is 17.8 Å². The molecular weight excluding hydrogens is 408 g/mol. The Bertz CT molecular complexity index is 1300. The second-order valence-corrected chi connectivity index (χ2v) is 8.11. The van der Waals surface area contributed by atoms with Crippen LogP contribution in [0, 0.1) is 42.4 Å². The first-order valence-electron chi connectivity index (χ1n) is 11.0. The number of aromatic nitrogens is 1. The largest absolute Gasteiger partial charge is 0.318 e. The number of aryl methyl sites for hydroxylation is 2. The first kappa shape index (κ1) is 22.1. The molecule has 0 unspecified atom stereocenters. The summed E-state index contributed by atoms with van der Waals surface area (Å²) in [6, 6.07) is 24.5. The predicted molar refractivity (Wildman–Crippen MR) is 132 cm³/mol. The Morgan fingerprint density at radius 2 is 1.76 bits per heavy atom. The van der Waals surface area contributed by atoms with Gasteiger partial charge in [-0.25, -0.2) is 5.01 Å². The third-order valence-corrected chi connectivity index (χ3v) is 6.06. The molecule has 4 rings (SSSR count). The summed E-state index contributed by atoms with van der Waals surface area (Å²) in [6.07, 6.45) is 2.14. The average Bonchev–Trinajstić information content (AvgIpc) is 3.32. The van der Waals surface area contributed by atoms with Gasteiger partial charge in [-0.05, 0) is 67.8 Å². The van der Waals surface area contributed by atoms with Gasteiger partial charge in [0.05, 0.1) is 23.0 Å². The van der Waals surface area contributed by atoms with E-state index in [1.807, 2.05) is 56.3 Å². The molecule has 33 heavy (non-hydrogen) atoms. The van der Waals surface area contributed by atoms with Crippen molar-refractivity contribution in [3.63, 3.8) is 0 Å². The fourth-order valence-electron chi connectivity index (χ4n) is 4.25. The van der Waals surface area contributed by atoms with Crippen LogP contribution < -0.4 is 10.7 Å².